The Balaban J connectivity index is 1.96. The van der Waals surface area contributed by atoms with Gasteiger partial charge in [-0.2, -0.15) is 0 Å². The van der Waals surface area contributed by atoms with Crippen LogP contribution in [-0.2, 0) is 6.42 Å². The number of rotatable bonds is 5. The zero-order chi connectivity index (χ0) is 13.8. The summed E-state index contributed by atoms with van der Waals surface area (Å²) in [5, 5.41) is 2.14. The normalized spacial score (nSPS) is 12.6. The lowest BCUT2D eigenvalue weighted by Gasteiger charge is -2.16. The summed E-state index contributed by atoms with van der Waals surface area (Å²) in [5.41, 5.74) is 11.7. The third-order valence-corrected chi connectivity index (χ3v) is 4.74. The molecule has 2 rings (SSSR count). The molecule has 102 valence electrons. The van der Waals surface area contributed by atoms with E-state index >= 15 is 0 Å². The van der Waals surface area contributed by atoms with E-state index < -0.39 is 0 Å². The molecule has 2 aromatic rings. The first-order chi connectivity index (χ1) is 9.08. The predicted octanol–water partition coefficient (Wildman–Crippen LogP) is 4.70. The molecule has 1 aromatic carbocycles. The Kier molecular flexibility index (Phi) is 4.78. The van der Waals surface area contributed by atoms with Crippen LogP contribution in [0.5, 0.6) is 0 Å². The Labute approximate surface area is 120 Å². The van der Waals surface area contributed by atoms with Crippen molar-refractivity contribution in [1.82, 2.24) is 0 Å². The maximum atomic E-state index is 6.36. The molecule has 0 amide bonds. The zero-order valence-electron chi connectivity index (χ0n) is 12.1. The monoisotopic (exact) mass is 273 g/mol. The zero-order valence-corrected chi connectivity index (χ0v) is 12.9. The minimum atomic E-state index is 0.166. The lowest BCUT2D eigenvalue weighted by Crippen LogP contribution is -2.12. The van der Waals surface area contributed by atoms with Crippen LogP contribution in [0.2, 0.25) is 0 Å². The Morgan fingerprint density at radius 3 is 2.53 bits per heavy atom. The lowest BCUT2D eigenvalue weighted by molar-refractivity contribution is 0.610. The van der Waals surface area contributed by atoms with Crippen molar-refractivity contribution in [2.45, 2.75) is 46.1 Å². The van der Waals surface area contributed by atoms with Crippen molar-refractivity contribution in [3.8, 4) is 0 Å². The van der Waals surface area contributed by atoms with Gasteiger partial charge in [0, 0.05) is 10.9 Å². The van der Waals surface area contributed by atoms with Crippen LogP contribution in [0.4, 0.5) is 0 Å². The molecule has 0 spiro atoms. The molecule has 2 N–H and O–H groups in total. The van der Waals surface area contributed by atoms with Gasteiger partial charge in [0.1, 0.15) is 0 Å². The Hall–Kier alpha value is -1.12. The lowest BCUT2D eigenvalue weighted by atomic mass is 9.93. The number of benzene rings is 1. The molecule has 0 fully saturated rings. The second-order valence-electron chi connectivity index (χ2n) is 5.37. The molecule has 1 heterocycles. The van der Waals surface area contributed by atoms with Gasteiger partial charge < -0.3 is 5.73 Å². The number of nitrogens with two attached hydrogens (primary N) is 1. The van der Waals surface area contributed by atoms with Gasteiger partial charge in [-0.15, -0.1) is 11.3 Å². The first-order valence-corrected chi connectivity index (χ1v) is 7.81. The molecule has 0 bridgehead atoms. The van der Waals surface area contributed by atoms with Crippen molar-refractivity contribution in [3.63, 3.8) is 0 Å². The van der Waals surface area contributed by atoms with Gasteiger partial charge >= 0.3 is 0 Å². The third kappa shape index (κ3) is 3.68. The quantitative estimate of drug-likeness (QED) is 0.840. The van der Waals surface area contributed by atoms with Crippen molar-refractivity contribution in [2.24, 2.45) is 5.73 Å². The fraction of sp³-hybridized carbons (Fsp3) is 0.412. The number of thiophene rings is 1. The fourth-order valence-corrected chi connectivity index (χ4v) is 3.24. The van der Waals surface area contributed by atoms with Crippen LogP contribution in [0.1, 0.15) is 46.0 Å². The van der Waals surface area contributed by atoms with Gasteiger partial charge in [0.15, 0.2) is 0 Å². The van der Waals surface area contributed by atoms with E-state index in [1.807, 2.05) is 11.3 Å². The molecule has 2 heteroatoms. The first-order valence-electron chi connectivity index (χ1n) is 6.93. The standard InChI is InChI=1S/C17H23NS/c1-12-10-14(3)16(11-13(12)2)17(18)8-4-6-15-7-5-9-19-15/h5,7,9-11,17H,4,6,8,18H2,1-3H3. The first kappa shape index (κ1) is 14.3. The molecular weight excluding hydrogens is 250 g/mol. The summed E-state index contributed by atoms with van der Waals surface area (Å²) in [7, 11) is 0. The van der Waals surface area contributed by atoms with Gasteiger partial charge in [-0.1, -0.05) is 18.2 Å². The van der Waals surface area contributed by atoms with Crippen LogP contribution in [-0.4, -0.2) is 0 Å². The topological polar surface area (TPSA) is 26.0 Å². The summed E-state index contributed by atoms with van der Waals surface area (Å²) in [6, 6.07) is 9.01. The molecule has 0 radical (unpaired) electrons. The van der Waals surface area contributed by atoms with Gasteiger partial charge in [-0.05, 0) is 73.7 Å². The van der Waals surface area contributed by atoms with Crippen LogP contribution in [0.25, 0.3) is 0 Å². The highest BCUT2D eigenvalue weighted by molar-refractivity contribution is 7.09. The number of hydrogen-bond donors (Lipinski definition) is 1. The molecule has 1 nitrogen and oxygen atoms in total. The van der Waals surface area contributed by atoms with Crippen LogP contribution in [0, 0.1) is 20.8 Å². The van der Waals surface area contributed by atoms with E-state index in [2.05, 4.69) is 50.4 Å². The summed E-state index contributed by atoms with van der Waals surface area (Å²) >= 11 is 1.84. The summed E-state index contributed by atoms with van der Waals surface area (Å²) in [6.07, 6.45) is 3.37. The van der Waals surface area contributed by atoms with Crippen molar-refractivity contribution >= 4 is 11.3 Å². The van der Waals surface area contributed by atoms with Crippen LogP contribution >= 0.6 is 11.3 Å². The minimum absolute atomic E-state index is 0.166. The Morgan fingerprint density at radius 1 is 1.11 bits per heavy atom. The van der Waals surface area contributed by atoms with Gasteiger partial charge in [-0.3, -0.25) is 0 Å². The van der Waals surface area contributed by atoms with E-state index in [9.17, 15) is 0 Å². The van der Waals surface area contributed by atoms with E-state index in [4.69, 9.17) is 5.73 Å². The van der Waals surface area contributed by atoms with Crippen LogP contribution < -0.4 is 5.73 Å². The van der Waals surface area contributed by atoms with Crippen LogP contribution in [0.3, 0.4) is 0 Å². The van der Waals surface area contributed by atoms with E-state index in [0.29, 0.717) is 0 Å². The summed E-state index contributed by atoms with van der Waals surface area (Å²) < 4.78 is 0. The maximum Gasteiger partial charge on any atom is 0.0297 e. The fourth-order valence-electron chi connectivity index (χ4n) is 2.49. The highest BCUT2D eigenvalue weighted by Gasteiger charge is 2.10. The number of aryl methyl sites for hydroxylation is 4. The SMILES string of the molecule is Cc1cc(C)c(C(N)CCCc2cccs2)cc1C. The molecule has 0 aliphatic rings. The summed E-state index contributed by atoms with van der Waals surface area (Å²) in [6.45, 7) is 6.49. The van der Waals surface area contributed by atoms with Crippen molar-refractivity contribution in [3.05, 3.63) is 56.8 Å². The highest BCUT2D eigenvalue weighted by Crippen LogP contribution is 2.24. The average molecular weight is 273 g/mol. The minimum Gasteiger partial charge on any atom is -0.324 e. The van der Waals surface area contributed by atoms with E-state index in [0.717, 1.165) is 19.3 Å². The second kappa shape index (κ2) is 6.36. The molecule has 0 aliphatic carbocycles. The van der Waals surface area contributed by atoms with Crippen molar-refractivity contribution in [2.75, 3.05) is 0 Å². The molecule has 1 atom stereocenters. The maximum absolute atomic E-state index is 6.36. The molecule has 19 heavy (non-hydrogen) atoms. The summed E-state index contributed by atoms with van der Waals surface area (Å²) in [4.78, 5) is 1.46. The van der Waals surface area contributed by atoms with Gasteiger partial charge in [0.2, 0.25) is 0 Å². The number of hydrogen-bond acceptors (Lipinski definition) is 2. The largest absolute Gasteiger partial charge is 0.324 e. The van der Waals surface area contributed by atoms with Gasteiger partial charge in [0.25, 0.3) is 0 Å². The molecule has 1 unspecified atom stereocenters. The van der Waals surface area contributed by atoms with Crippen LogP contribution in [0.15, 0.2) is 29.6 Å². The molecule has 0 saturated carbocycles. The molecular formula is C17H23NS. The van der Waals surface area contributed by atoms with Crippen molar-refractivity contribution in [1.29, 1.82) is 0 Å². The molecule has 1 aromatic heterocycles. The highest BCUT2D eigenvalue weighted by atomic mass is 32.1. The smallest absolute Gasteiger partial charge is 0.0297 e. The average Bonchev–Trinajstić information content (AvgIpc) is 2.86. The summed E-state index contributed by atoms with van der Waals surface area (Å²) in [5.74, 6) is 0. The van der Waals surface area contributed by atoms with E-state index in [1.54, 1.807) is 0 Å². The van der Waals surface area contributed by atoms with Gasteiger partial charge in [-0.25, -0.2) is 0 Å². The Bertz CT molecular complexity index is 528. The van der Waals surface area contributed by atoms with Gasteiger partial charge in [0.05, 0.1) is 0 Å². The second-order valence-corrected chi connectivity index (χ2v) is 6.40. The Morgan fingerprint density at radius 2 is 1.84 bits per heavy atom. The predicted molar refractivity (Wildman–Crippen MR) is 84.8 cm³/mol. The van der Waals surface area contributed by atoms with Crippen molar-refractivity contribution < 1.29 is 0 Å². The third-order valence-electron chi connectivity index (χ3n) is 3.80. The molecule has 0 aliphatic heterocycles. The molecule has 0 saturated heterocycles. The van der Waals surface area contributed by atoms with E-state index in [1.165, 1.54) is 27.1 Å². The van der Waals surface area contributed by atoms with E-state index in [-0.39, 0.29) is 6.04 Å².